The lowest BCUT2D eigenvalue weighted by Crippen LogP contribution is -2.40. The maximum atomic E-state index is 12.8. The van der Waals surface area contributed by atoms with Gasteiger partial charge in [0.25, 0.3) is 5.91 Å². The zero-order valence-corrected chi connectivity index (χ0v) is 18.4. The van der Waals surface area contributed by atoms with E-state index in [1.807, 2.05) is 53.2 Å². The molecular weight excluding hydrogens is 406 g/mol. The van der Waals surface area contributed by atoms with E-state index in [0.29, 0.717) is 11.3 Å². The van der Waals surface area contributed by atoms with Crippen molar-refractivity contribution in [3.8, 4) is 11.1 Å². The lowest BCUT2D eigenvalue weighted by molar-refractivity contribution is 0.102. The van der Waals surface area contributed by atoms with E-state index in [9.17, 15) is 9.59 Å². The third kappa shape index (κ3) is 5.52. The quantitative estimate of drug-likeness (QED) is 0.438. The number of nitrogens with one attached hydrogen (secondary N) is 3. The van der Waals surface area contributed by atoms with Gasteiger partial charge in [0.2, 0.25) is 0 Å². The molecule has 5 nitrogen and oxygen atoms in total. The first kappa shape index (κ1) is 21.1. The van der Waals surface area contributed by atoms with E-state index in [2.05, 4.69) is 22.9 Å². The summed E-state index contributed by atoms with van der Waals surface area (Å²) in [5.41, 5.74) is 3.75. The van der Waals surface area contributed by atoms with Crippen molar-refractivity contribution in [2.75, 3.05) is 10.6 Å². The van der Waals surface area contributed by atoms with E-state index < -0.39 is 0 Å². The highest BCUT2D eigenvalue weighted by Gasteiger charge is 2.20. The molecule has 1 fully saturated rings. The Kier molecular flexibility index (Phi) is 6.67. The van der Waals surface area contributed by atoms with Gasteiger partial charge in [-0.2, -0.15) is 11.3 Å². The van der Waals surface area contributed by atoms with Crippen molar-refractivity contribution in [1.82, 2.24) is 5.32 Å². The lowest BCUT2D eigenvalue weighted by atomic mass is 9.87. The van der Waals surface area contributed by atoms with Crippen LogP contribution in [0.1, 0.15) is 43.0 Å². The molecule has 0 atom stereocenters. The molecule has 1 aromatic heterocycles. The number of benzene rings is 2. The smallest absolute Gasteiger partial charge is 0.319 e. The van der Waals surface area contributed by atoms with Gasteiger partial charge in [-0.05, 0) is 78.3 Å². The van der Waals surface area contributed by atoms with Crippen molar-refractivity contribution in [2.45, 2.75) is 38.6 Å². The van der Waals surface area contributed by atoms with Gasteiger partial charge in [-0.25, -0.2) is 4.79 Å². The number of urea groups is 1. The Morgan fingerprint density at radius 1 is 0.935 bits per heavy atom. The molecule has 0 saturated heterocycles. The van der Waals surface area contributed by atoms with Gasteiger partial charge in [-0.15, -0.1) is 0 Å². The van der Waals surface area contributed by atoms with Crippen LogP contribution in [0.15, 0.2) is 65.4 Å². The van der Waals surface area contributed by atoms with Crippen LogP contribution in [0.2, 0.25) is 0 Å². The number of para-hydroxylation sites is 1. The molecule has 1 aliphatic rings. The van der Waals surface area contributed by atoms with Crippen LogP contribution in [0.4, 0.5) is 16.2 Å². The van der Waals surface area contributed by atoms with Crippen LogP contribution in [0, 0.1) is 5.92 Å². The Morgan fingerprint density at radius 3 is 2.42 bits per heavy atom. The Balaban J connectivity index is 1.52. The third-order valence-electron chi connectivity index (χ3n) is 5.74. The average Bonchev–Trinajstić information content (AvgIpc) is 3.31. The first-order valence-electron chi connectivity index (χ1n) is 10.7. The van der Waals surface area contributed by atoms with Crippen LogP contribution in [-0.4, -0.2) is 18.0 Å². The second kappa shape index (κ2) is 9.79. The van der Waals surface area contributed by atoms with Crippen molar-refractivity contribution in [2.24, 2.45) is 5.92 Å². The predicted molar refractivity (Wildman–Crippen MR) is 128 cm³/mol. The van der Waals surface area contributed by atoms with Gasteiger partial charge < -0.3 is 16.0 Å². The highest BCUT2D eigenvalue weighted by molar-refractivity contribution is 7.08. The lowest BCUT2D eigenvalue weighted by Gasteiger charge is -2.27. The van der Waals surface area contributed by atoms with E-state index in [0.717, 1.165) is 48.4 Å². The van der Waals surface area contributed by atoms with Crippen molar-refractivity contribution in [3.63, 3.8) is 0 Å². The number of carbonyl (C=O) groups is 2. The Bertz CT molecular complexity index is 1030. The second-order valence-electron chi connectivity index (χ2n) is 8.15. The monoisotopic (exact) mass is 433 g/mol. The summed E-state index contributed by atoms with van der Waals surface area (Å²) >= 11 is 1.60. The number of rotatable bonds is 5. The molecule has 1 saturated carbocycles. The molecule has 2 aromatic carbocycles. The van der Waals surface area contributed by atoms with E-state index >= 15 is 0 Å². The summed E-state index contributed by atoms with van der Waals surface area (Å²) in [6.45, 7) is 2.26. The molecule has 3 N–H and O–H groups in total. The molecule has 0 spiro atoms. The number of amides is 3. The summed E-state index contributed by atoms with van der Waals surface area (Å²) < 4.78 is 0. The minimum Gasteiger partial charge on any atom is -0.335 e. The first-order valence-corrected chi connectivity index (χ1v) is 11.6. The summed E-state index contributed by atoms with van der Waals surface area (Å²) in [5.74, 6) is 0.513. The van der Waals surface area contributed by atoms with E-state index in [1.54, 1.807) is 23.5 Å². The molecule has 6 heteroatoms. The molecule has 160 valence electrons. The summed E-state index contributed by atoms with van der Waals surface area (Å²) in [6, 6.07) is 16.7. The second-order valence-corrected chi connectivity index (χ2v) is 8.93. The number of hydrogen-bond acceptors (Lipinski definition) is 3. The highest BCUT2D eigenvalue weighted by Crippen LogP contribution is 2.31. The first-order chi connectivity index (χ1) is 15.1. The molecular formula is C25H27N3O2S. The van der Waals surface area contributed by atoms with Crippen LogP contribution >= 0.6 is 11.3 Å². The van der Waals surface area contributed by atoms with Crippen LogP contribution < -0.4 is 16.0 Å². The molecule has 0 bridgehead atoms. The Hall–Kier alpha value is -3.12. The standard InChI is InChI=1S/C25H27N3O2S/c1-17-7-10-21(11-8-17)27-25(30)28-23-15-18(9-12-22(23)19-13-14-31-16-19)24(29)26-20-5-3-2-4-6-20/h2-6,9,12-17,21H,7-8,10-11H2,1H3,(H,26,29)(H2,27,28,30). The minimum absolute atomic E-state index is 0.199. The number of thiophene rings is 1. The van der Waals surface area contributed by atoms with E-state index in [-0.39, 0.29) is 18.0 Å². The molecule has 3 amide bonds. The molecule has 1 heterocycles. The van der Waals surface area contributed by atoms with Gasteiger partial charge in [0.1, 0.15) is 0 Å². The maximum Gasteiger partial charge on any atom is 0.319 e. The van der Waals surface area contributed by atoms with E-state index in [4.69, 9.17) is 0 Å². The zero-order valence-electron chi connectivity index (χ0n) is 17.6. The average molecular weight is 434 g/mol. The van der Waals surface area contributed by atoms with Gasteiger partial charge in [0.05, 0.1) is 5.69 Å². The summed E-state index contributed by atoms with van der Waals surface area (Å²) in [5, 5.41) is 13.0. The molecule has 4 rings (SSSR count). The topological polar surface area (TPSA) is 70.2 Å². The largest absolute Gasteiger partial charge is 0.335 e. The van der Waals surface area contributed by atoms with Gasteiger partial charge in [-0.1, -0.05) is 31.2 Å². The summed E-state index contributed by atoms with van der Waals surface area (Å²) in [4.78, 5) is 25.5. The maximum absolute atomic E-state index is 12.8. The summed E-state index contributed by atoms with van der Waals surface area (Å²) in [6.07, 6.45) is 4.29. The molecule has 1 aliphatic carbocycles. The molecule has 0 aliphatic heterocycles. The summed E-state index contributed by atoms with van der Waals surface area (Å²) in [7, 11) is 0. The van der Waals surface area contributed by atoms with Crippen molar-refractivity contribution in [3.05, 3.63) is 70.9 Å². The predicted octanol–water partition coefficient (Wildman–Crippen LogP) is 6.37. The minimum atomic E-state index is -0.225. The number of anilines is 2. The fraction of sp³-hybridized carbons (Fsp3) is 0.280. The molecule has 0 unspecified atom stereocenters. The van der Waals surface area contributed by atoms with Crippen LogP contribution in [0.3, 0.4) is 0 Å². The zero-order chi connectivity index (χ0) is 21.6. The normalized spacial score (nSPS) is 18.2. The Labute approximate surface area is 186 Å². The third-order valence-corrected chi connectivity index (χ3v) is 6.43. The van der Waals surface area contributed by atoms with Gasteiger partial charge in [0.15, 0.2) is 0 Å². The SMILES string of the molecule is CC1CCC(NC(=O)Nc2cc(C(=O)Nc3ccccc3)ccc2-c2ccsc2)CC1. The molecule has 0 radical (unpaired) electrons. The fourth-order valence-electron chi connectivity index (χ4n) is 3.93. The van der Waals surface area contributed by atoms with Gasteiger partial charge >= 0.3 is 6.03 Å². The van der Waals surface area contributed by atoms with Crippen LogP contribution in [0.5, 0.6) is 0 Å². The van der Waals surface area contributed by atoms with Crippen LogP contribution in [0.25, 0.3) is 11.1 Å². The number of hydrogen-bond donors (Lipinski definition) is 3. The van der Waals surface area contributed by atoms with Crippen molar-refractivity contribution in [1.29, 1.82) is 0 Å². The molecule has 3 aromatic rings. The number of carbonyl (C=O) groups excluding carboxylic acids is 2. The van der Waals surface area contributed by atoms with Gasteiger partial charge in [0, 0.05) is 22.9 Å². The highest BCUT2D eigenvalue weighted by atomic mass is 32.1. The Morgan fingerprint density at radius 2 is 1.71 bits per heavy atom. The van der Waals surface area contributed by atoms with E-state index in [1.165, 1.54) is 0 Å². The van der Waals surface area contributed by atoms with Gasteiger partial charge in [-0.3, -0.25) is 4.79 Å². The molecule has 31 heavy (non-hydrogen) atoms. The van der Waals surface area contributed by atoms with Crippen molar-refractivity contribution >= 4 is 34.6 Å². The van der Waals surface area contributed by atoms with Crippen molar-refractivity contribution < 1.29 is 9.59 Å². The van der Waals surface area contributed by atoms with Crippen LogP contribution in [-0.2, 0) is 0 Å². The fourth-order valence-corrected chi connectivity index (χ4v) is 4.59.